The highest BCUT2D eigenvalue weighted by Crippen LogP contribution is 2.01. The van der Waals surface area contributed by atoms with Gasteiger partial charge in [0.05, 0.1) is 12.8 Å². The van der Waals surface area contributed by atoms with Gasteiger partial charge in [-0.05, 0) is 19.2 Å². The van der Waals surface area contributed by atoms with Gasteiger partial charge in [-0.3, -0.25) is 9.59 Å². The van der Waals surface area contributed by atoms with Crippen molar-refractivity contribution in [1.82, 2.24) is 15.1 Å². The van der Waals surface area contributed by atoms with E-state index in [1.165, 1.54) is 6.26 Å². The molecule has 1 fully saturated rings. The Kier molecular flexibility index (Phi) is 3.99. The number of nitrogens with zero attached hydrogens (tertiary/aromatic N) is 2. The normalized spacial score (nSPS) is 16.6. The molecular formula is C12H17N3O3. The molecule has 1 aromatic rings. The van der Waals surface area contributed by atoms with Crippen LogP contribution in [0.15, 0.2) is 22.8 Å². The molecule has 1 aromatic heterocycles. The summed E-state index contributed by atoms with van der Waals surface area (Å²) in [5.74, 6) is -0.188. The highest BCUT2D eigenvalue weighted by Gasteiger charge is 2.19. The summed E-state index contributed by atoms with van der Waals surface area (Å²) in [5.41, 5.74) is 0. The van der Waals surface area contributed by atoms with Crippen LogP contribution in [0.5, 0.6) is 0 Å². The zero-order valence-electron chi connectivity index (χ0n) is 10.4. The van der Waals surface area contributed by atoms with Gasteiger partial charge >= 0.3 is 0 Å². The molecule has 0 aromatic carbocycles. The van der Waals surface area contributed by atoms with Gasteiger partial charge in [0, 0.05) is 26.2 Å². The zero-order chi connectivity index (χ0) is 13.0. The van der Waals surface area contributed by atoms with Crippen molar-refractivity contribution in [2.45, 2.75) is 0 Å². The number of furan rings is 1. The number of piperazine rings is 1. The lowest BCUT2D eigenvalue weighted by Gasteiger charge is -2.32. The molecule has 0 saturated carbocycles. The summed E-state index contributed by atoms with van der Waals surface area (Å²) in [4.78, 5) is 27.3. The van der Waals surface area contributed by atoms with Gasteiger partial charge in [0.15, 0.2) is 5.76 Å². The third-order valence-corrected chi connectivity index (χ3v) is 3.00. The number of hydrogen-bond acceptors (Lipinski definition) is 4. The highest BCUT2D eigenvalue weighted by molar-refractivity contribution is 5.94. The Bertz CT molecular complexity index is 408. The summed E-state index contributed by atoms with van der Waals surface area (Å²) in [6, 6.07) is 3.20. The molecule has 1 N–H and O–H groups in total. The van der Waals surface area contributed by atoms with Crippen molar-refractivity contribution in [3.05, 3.63) is 24.2 Å². The monoisotopic (exact) mass is 251 g/mol. The van der Waals surface area contributed by atoms with Crippen molar-refractivity contribution in [1.29, 1.82) is 0 Å². The van der Waals surface area contributed by atoms with E-state index in [1.807, 2.05) is 7.05 Å². The predicted octanol–water partition coefficient (Wildman–Crippen LogP) is -0.217. The van der Waals surface area contributed by atoms with E-state index in [0.717, 1.165) is 13.1 Å². The molecule has 0 atom stereocenters. The molecule has 0 radical (unpaired) electrons. The van der Waals surface area contributed by atoms with Gasteiger partial charge in [-0.2, -0.15) is 0 Å². The third-order valence-electron chi connectivity index (χ3n) is 3.00. The first-order valence-electron chi connectivity index (χ1n) is 5.95. The van der Waals surface area contributed by atoms with Gasteiger partial charge in [-0.1, -0.05) is 0 Å². The molecule has 1 aliphatic heterocycles. The van der Waals surface area contributed by atoms with Gasteiger partial charge in [-0.15, -0.1) is 0 Å². The standard InChI is InChI=1S/C12H17N3O3/c1-14-4-6-15(7-5-14)11(16)9-13-12(17)10-3-2-8-18-10/h2-3,8H,4-7,9H2,1H3,(H,13,17). The summed E-state index contributed by atoms with van der Waals surface area (Å²) in [7, 11) is 2.03. The minimum atomic E-state index is -0.359. The molecule has 2 heterocycles. The second kappa shape index (κ2) is 5.68. The minimum Gasteiger partial charge on any atom is -0.459 e. The topological polar surface area (TPSA) is 65.8 Å². The number of rotatable bonds is 3. The van der Waals surface area contributed by atoms with Gasteiger partial charge in [-0.25, -0.2) is 0 Å². The van der Waals surface area contributed by atoms with Crippen LogP contribution >= 0.6 is 0 Å². The van der Waals surface area contributed by atoms with Crippen molar-refractivity contribution in [2.24, 2.45) is 0 Å². The Labute approximate surface area is 106 Å². The Morgan fingerprint density at radius 1 is 1.33 bits per heavy atom. The second-order valence-corrected chi connectivity index (χ2v) is 4.34. The average Bonchev–Trinajstić information content (AvgIpc) is 2.90. The summed E-state index contributed by atoms with van der Waals surface area (Å²) < 4.78 is 4.94. The van der Waals surface area contributed by atoms with E-state index in [-0.39, 0.29) is 24.1 Å². The molecule has 0 aliphatic carbocycles. The van der Waals surface area contributed by atoms with Crippen LogP contribution in [0.1, 0.15) is 10.6 Å². The lowest BCUT2D eigenvalue weighted by molar-refractivity contribution is -0.131. The molecule has 6 heteroatoms. The highest BCUT2D eigenvalue weighted by atomic mass is 16.3. The van der Waals surface area contributed by atoms with Crippen LogP contribution in [-0.2, 0) is 4.79 Å². The quantitative estimate of drug-likeness (QED) is 0.807. The fourth-order valence-corrected chi connectivity index (χ4v) is 1.82. The second-order valence-electron chi connectivity index (χ2n) is 4.34. The lowest BCUT2D eigenvalue weighted by Crippen LogP contribution is -2.50. The minimum absolute atomic E-state index is 0.0171. The fraction of sp³-hybridized carbons (Fsp3) is 0.500. The molecule has 2 rings (SSSR count). The van der Waals surface area contributed by atoms with Crippen LogP contribution in [0, 0.1) is 0 Å². The van der Waals surface area contributed by atoms with Crippen molar-refractivity contribution in [3.63, 3.8) is 0 Å². The molecule has 1 aliphatic rings. The Hall–Kier alpha value is -1.82. The number of hydrogen-bond donors (Lipinski definition) is 1. The molecule has 18 heavy (non-hydrogen) atoms. The van der Waals surface area contributed by atoms with E-state index in [4.69, 9.17) is 4.42 Å². The van der Waals surface area contributed by atoms with E-state index in [0.29, 0.717) is 13.1 Å². The number of nitrogens with one attached hydrogen (secondary N) is 1. The lowest BCUT2D eigenvalue weighted by atomic mass is 10.3. The third kappa shape index (κ3) is 3.10. The first-order chi connectivity index (χ1) is 8.66. The number of amides is 2. The van der Waals surface area contributed by atoms with Crippen LogP contribution in [0.25, 0.3) is 0 Å². The van der Waals surface area contributed by atoms with Crippen molar-refractivity contribution < 1.29 is 14.0 Å². The molecule has 98 valence electrons. The van der Waals surface area contributed by atoms with Crippen LogP contribution in [-0.4, -0.2) is 61.4 Å². The summed E-state index contributed by atoms with van der Waals surface area (Å²) >= 11 is 0. The van der Waals surface area contributed by atoms with Crippen molar-refractivity contribution >= 4 is 11.8 Å². The summed E-state index contributed by atoms with van der Waals surface area (Å²) in [5, 5.41) is 2.56. The van der Waals surface area contributed by atoms with Crippen LogP contribution < -0.4 is 5.32 Å². The maximum atomic E-state index is 11.8. The summed E-state index contributed by atoms with van der Waals surface area (Å²) in [6.45, 7) is 3.19. The largest absolute Gasteiger partial charge is 0.459 e. The van der Waals surface area contributed by atoms with Gasteiger partial charge in [0.25, 0.3) is 5.91 Å². The molecule has 2 amide bonds. The predicted molar refractivity (Wildman–Crippen MR) is 65.1 cm³/mol. The average molecular weight is 251 g/mol. The van der Waals surface area contributed by atoms with E-state index in [1.54, 1.807) is 17.0 Å². The van der Waals surface area contributed by atoms with Crippen LogP contribution in [0.3, 0.4) is 0 Å². The molecule has 6 nitrogen and oxygen atoms in total. The molecule has 1 saturated heterocycles. The smallest absolute Gasteiger partial charge is 0.287 e. The number of likely N-dealkylation sites (N-methyl/N-ethyl adjacent to an activating group) is 1. The summed E-state index contributed by atoms with van der Waals surface area (Å²) in [6.07, 6.45) is 1.43. The zero-order valence-corrected chi connectivity index (χ0v) is 10.4. The van der Waals surface area contributed by atoms with Crippen LogP contribution in [0.4, 0.5) is 0 Å². The molecule has 0 unspecified atom stereocenters. The van der Waals surface area contributed by atoms with E-state index in [2.05, 4.69) is 10.2 Å². The molecule has 0 bridgehead atoms. The number of carbonyl (C=O) groups is 2. The Balaban J connectivity index is 1.76. The fourth-order valence-electron chi connectivity index (χ4n) is 1.82. The first kappa shape index (κ1) is 12.6. The maximum Gasteiger partial charge on any atom is 0.287 e. The van der Waals surface area contributed by atoms with Gasteiger partial charge in [0.1, 0.15) is 0 Å². The van der Waals surface area contributed by atoms with E-state index in [9.17, 15) is 9.59 Å². The first-order valence-corrected chi connectivity index (χ1v) is 5.95. The SMILES string of the molecule is CN1CCN(C(=O)CNC(=O)c2ccco2)CC1. The van der Waals surface area contributed by atoms with Crippen molar-refractivity contribution in [2.75, 3.05) is 39.8 Å². The van der Waals surface area contributed by atoms with Gasteiger partial charge in [0.2, 0.25) is 5.91 Å². The molecule has 0 spiro atoms. The van der Waals surface area contributed by atoms with Gasteiger partial charge < -0.3 is 19.5 Å². The Morgan fingerprint density at radius 2 is 2.06 bits per heavy atom. The molecular weight excluding hydrogens is 234 g/mol. The number of carbonyl (C=O) groups excluding carboxylic acids is 2. The van der Waals surface area contributed by atoms with Crippen molar-refractivity contribution in [3.8, 4) is 0 Å². The van der Waals surface area contributed by atoms with E-state index >= 15 is 0 Å². The van der Waals surface area contributed by atoms with E-state index < -0.39 is 0 Å². The maximum absolute atomic E-state index is 11.8. The van der Waals surface area contributed by atoms with Crippen LogP contribution in [0.2, 0.25) is 0 Å². The Morgan fingerprint density at radius 3 is 2.67 bits per heavy atom.